The summed E-state index contributed by atoms with van der Waals surface area (Å²) < 4.78 is 28.3. The predicted molar refractivity (Wildman–Crippen MR) is 88.8 cm³/mol. The molecule has 1 saturated heterocycles. The van der Waals surface area contributed by atoms with Crippen molar-refractivity contribution in [3.8, 4) is 0 Å². The number of fused-ring (bicyclic) bond motifs is 1. The lowest BCUT2D eigenvalue weighted by Gasteiger charge is -2.33. The van der Waals surface area contributed by atoms with Gasteiger partial charge in [-0.1, -0.05) is 6.92 Å². The maximum atomic E-state index is 11.9. The normalized spacial score (nSPS) is 17.0. The molecule has 1 fully saturated rings. The fourth-order valence-corrected chi connectivity index (χ4v) is 4.39. The third kappa shape index (κ3) is 3.45. The first-order chi connectivity index (χ1) is 11.0. The Kier molecular flexibility index (Phi) is 4.49. The summed E-state index contributed by atoms with van der Waals surface area (Å²) >= 11 is 0. The molecule has 2 aromatic rings. The molecule has 0 amide bonds. The van der Waals surface area contributed by atoms with E-state index in [1.165, 1.54) is 0 Å². The van der Waals surface area contributed by atoms with Crippen LogP contribution in [-0.4, -0.2) is 53.1 Å². The van der Waals surface area contributed by atoms with Crippen molar-refractivity contribution in [3.05, 3.63) is 12.5 Å². The average molecular weight is 338 g/mol. The zero-order valence-corrected chi connectivity index (χ0v) is 14.3. The van der Waals surface area contributed by atoms with Gasteiger partial charge in [0.1, 0.15) is 12.1 Å². The minimum atomic E-state index is -3.15. The number of hydrogen-bond acceptors (Lipinski definition) is 6. The van der Waals surface area contributed by atoms with E-state index in [0.717, 1.165) is 42.8 Å². The fourth-order valence-electron chi connectivity index (χ4n) is 2.99. The predicted octanol–water partition coefficient (Wildman–Crippen LogP) is 0.662. The molecule has 0 radical (unpaired) electrons. The van der Waals surface area contributed by atoms with Crippen molar-refractivity contribution in [1.82, 2.24) is 24.5 Å². The summed E-state index contributed by atoms with van der Waals surface area (Å²) in [6, 6.07) is 0.00836. The molecule has 1 aliphatic rings. The highest BCUT2D eigenvalue weighted by Crippen LogP contribution is 2.25. The van der Waals surface area contributed by atoms with Gasteiger partial charge in [-0.2, -0.15) is 5.10 Å². The lowest BCUT2D eigenvalue weighted by Crippen LogP contribution is -2.45. The van der Waals surface area contributed by atoms with Crippen LogP contribution in [0.5, 0.6) is 0 Å². The Morgan fingerprint density at radius 2 is 2.04 bits per heavy atom. The van der Waals surface area contributed by atoms with E-state index < -0.39 is 10.0 Å². The Bertz CT molecular complexity index is 780. The van der Waals surface area contributed by atoms with Crippen LogP contribution in [0.4, 0.5) is 5.82 Å². The van der Waals surface area contributed by atoms with E-state index in [9.17, 15) is 8.42 Å². The second-order valence-corrected chi connectivity index (χ2v) is 7.77. The van der Waals surface area contributed by atoms with Crippen molar-refractivity contribution in [2.75, 3.05) is 23.7 Å². The summed E-state index contributed by atoms with van der Waals surface area (Å²) in [7, 11) is -1.30. The second-order valence-electron chi connectivity index (χ2n) is 5.90. The molecule has 0 bridgehead atoms. The van der Waals surface area contributed by atoms with Crippen LogP contribution in [0.2, 0.25) is 0 Å². The highest BCUT2D eigenvalue weighted by Gasteiger charge is 2.25. The van der Waals surface area contributed by atoms with Crippen LogP contribution in [0.1, 0.15) is 26.2 Å². The molecular formula is C14H22N6O2S. The molecule has 0 spiro atoms. The molecule has 0 aliphatic carbocycles. The lowest BCUT2D eigenvalue weighted by atomic mass is 10.1. The monoisotopic (exact) mass is 338 g/mol. The van der Waals surface area contributed by atoms with E-state index in [4.69, 9.17) is 0 Å². The molecule has 9 heteroatoms. The SMILES string of the molecule is CCCS(=O)(=O)NC1CCN(c2ncnc3c2cnn3C)CC1. The average Bonchev–Trinajstić information content (AvgIpc) is 2.89. The van der Waals surface area contributed by atoms with Crippen LogP contribution in [0, 0.1) is 0 Å². The lowest BCUT2D eigenvalue weighted by molar-refractivity contribution is 0.458. The largest absolute Gasteiger partial charge is 0.356 e. The van der Waals surface area contributed by atoms with Crippen molar-refractivity contribution >= 4 is 26.9 Å². The highest BCUT2D eigenvalue weighted by molar-refractivity contribution is 7.89. The summed E-state index contributed by atoms with van der Waals surface area (Å²) in [6.45, 7) is 3.40. The third-order valence-electron chi connectivity index (χ3n) is 4.12. The Morgan fingerprint density at radius 1 is 1.30 bits per heavy atom. The molecule has 8 nitrogen and oxygen atoms in total. The minimum Gasteiger partial charge on any atom is -0.356 e. The number of aromatic nitrogens is 4. The molecule has 3 heterocycles. The summed E-state index contributed by atoms with van der Waals surface area (Å²) in [5.41, 5.74) is 0.806. The van der Waals surface area contributed by atoms with Gasteiger partial charge in [-0.05, 0) is 19.3 Å². The van der Waals surface area contributed by atoms with Crippen LogP contribution in [-0.2, 0) is 17.1 Å². The van der Waals surface area contributed by atoms with Crippen molar-refractivity contribution < 1.29 is 8.42 Å². The van der Waals surface area contributed by atoms with Gasteiger partial charge in [-0.25, -0.2) is 23.1 Å². The van der Waals surface area contributed by atoms with Crippen LogP contribution >= 0.6 is 0 Å². The molecule has 23 heavy (non-hydrogen) atoms. The van der Waals surface area contributed by atoms with Gasteiger partial charge in [0, 0.05) is 26.2 Å². The number of aryl methyl sites for hydroxylation is 1. The van der Waals surface area contributed by atoms with Gasteiger partial charge in [0.15, 0.2) is 5.65 Å². The van der Waals surface area contributed by atoms with E-state index >= 15 is 0 Å². The van der Waals surface area contributed by atoms with Crippen molar-refractivity contribution in [3.63, 3.8) is 0 Å². The van der Waals surface area contributed by atoms with Crippen LogP contribution < -0.4 is 9.62 Å². The van der Waals surface area contributed by atoms with E-state index in [1.54, 1.807) is 17.2 Å². The Labute approximate surface area is 136 Å². The molecule has 0 aromatic carbocycles. The van der Waals surface area contributed by atoms with Gasteiger partial charge >= 0.3 is 0 Å². The first-order valence-electron chi connectivity index (χ1n) is 7.88. The molecule has 2 aromatic heterocycles. The van der Waals surface area contributed by atoms with E-state index in [-0.39, 0.29) is 11.8 Å². The van der Waals surface area contributed by atoms with Crippen molar-refractivity contribution in [1.29, 1.82) is 0 Å². The molecule has 0 saturated carbocycles. The van der Waals surface area contributed by atoms with Gasteiger partial charge in [-0.3, -0.25) is 4.68 Å². The van der Waals surface area contributed by atoms with Crippen LogP contribution in [0.25, 0.3) is 11.0 Å². The third-order valence-corrected chi connectivity index (χ3v) is 5.76. The van der Waals surface area contributed by atoms with Gasteiger partial charge in [-0.15, -0.1) is 0 Å². The number of sulfonamides is 1. The minimum absolute atomic E-state index is 0.00836. The number of nitrogens with zero attached hydrogens (tertiary/aromatic N) is 5. The smallest absolute Gasteiger partial charge is 0.211 e. The van der Waals surface area contributed by atoms with Crippen molar-refractivity contribution in [2.24, 2.45) is 7.05 Å². The molecule has 0 atom stereocenters. The Morgan fingerprint density at radius 3 is 2.74 bits per heavy atom. The van der Waals surface area contributed by atoms with E-state index in [1.807, 2.05) is 14.0 Å². The quantitative estimate of drug-likeness (QED) is 0.861. The number of hydrogen-bond donors (Lipinski definition) is 1. The number of anilines is 1. The topological polar surface area (TPSA) is 93.0 Å². The maximum Gasteiger partial charge on any atom is 0.211 e. The fraction of sp³-hybridized carbons (Fsp3) is 0.643. The molecule has 126 valence electrons. The summed E-state index contributed by atoms with van der Waals surface area (Å²) in [5.74, 6) is 1.06. The first-order valence-corrected chi connectivity index (χ1v) is 9.53. The van der Waals surface area contributed by atoms with Crippen LogP contribution in [0.3, 0.4) is 0 Å². The van der Waals surface area contributed by atoms with Crippen LogP contribution in [0.15, 0.2) is 12.5 Å². The van der Waals surface area contributed by atoms with Gasteiger partial charge < -0.3 is 4.90 Å². The zero-order valence-electron chi connectivity index (χ0n) is 13.4. The van der Waals surface area contributed by atoms with Gasteiger partial charge in [0.2, 0.25) is 10.0 Å². The second kappa shape index (κ2) is 6.40. The first kappa shape index (κ1) is 16.1. The molecule has 3 rings (SSSR count). The zero-order chi connectivity index (χ0) is 16.4. The molecule has 1 aliphatic heterocycles. The molecular weight excluding hydrogens is 316 g/mol. The molecule has 1 N–H and O–H groups in total. The van der Waals surface area contributed by atoms with Gasteiger partial charge in [0.25, 0.3) is 0 Å². The van der Waals surface area contributed by atoms with E-state index in [0.29, 0.717) is 6.42 Å². The standard InChI is InChI=1S/C14H22N6O2S/c1-3-8-23(21,22)18-11-4-6-20(7-5-11)14-12-9-17-19(2)13(12)15-10-16-14/h9-11,18H,3-8H2,1-2H3. The summed E-state index contributed by atoms with van der Waals surface area (Å²) in [4.78, 5) is 10.8. The number of piperidine rings is 1. The van der Waals surface area contributed by atoms with E-state index in [2.05, 4.69) is 24.7 Å². The summed E-state index contributed by atoms with van der Waals surface area (Å²) in [5, 5.41) is 5.16. The Balaban J connectivity index is 1.69. The molecule has 0 unspecified atom stereocenters. The highest BCUT2D eigenvalue weighted by atomic mass is 32.2. The van der Waals surface area contributed by atoms with Crippen molar-refractivity contribution in [2.45, 2.75) is 32.2 Å². The number of nitrogens with one attached hydrogen (secondary N) is 1. The maximum absolute atomic E-state index is 11.9. The summed E-state index contributed by atoms with van der Waals surface area (Å²) in [6.07, 6.45) is 5.51. The van der Waals surface area contributed by atoms with Gasteiger partial charge in [0.05, 0.1) is 17.3 Å². The number of rotatable bonds is 5. The Hall–Kier alpha value is -1.74.